The molecule has 6 heteroatoms. The molecular weight excluding hydrogens is 210 g/mol. The van der Waals surface area contributed by atoms with Gasteiger partial charge in [-0.05, 0) is 19.9 Å². The number of fused-ring (bicyclic) bond motifs is 1. The number of carboxylic acids is 1. The maximum atomic E-state index is 11.1. The molecule has 0 aromatic carbocycles. The Bertz CT molecular complexity index is 308. The van der Waals surface area contributed by atoms with Crippen molar-refractivity contribution in [2.75, 3.05) is 13.1 Å². The highest BCUT2D eigenvalue weighted by Crippen LogP contribution is 2.21. The SMILES string of the molecule is CC1C2NC(=O)NC2CN1CCCC(=O)O. The summed E-state index contributed by atoms with van der Waals surface area (Å²) in [5.41, 5.74) is 0. The molecule has 0 aromatic rings. The van der Waals surface area contributed by atoms with E-state index in [9.17, 15) is 9.59 Å². The molecule has 90 valence electrons. The number of carboxylic acid groups (broad SMARTS) is 1. The van der Waals surface area contributed by atoms with Crippen LogP contribution >= 0.6 is 0 Å². The molecule has 2 saturated heterocycles. The standard InChI is InChI=1S/C10H17N3O3/c1-6-9-7(11-10(16)12-9)5-13(6)4-2-3-8(14)15/h6-7,9H,2-5H2,1H3,(H,14,15)(H2,11,12,16). The van der Waals surface area contributed by atoms with Gasteiger partial charge in [-0.25, -0.2) is 4.79 Å². The highest BCUT2D eigenvalue weighted by Gasteiger charge is 2.44. The fourth-order valence-electron chi connectivity index (χ4n) is 2.54. The molecule has 0 radical (unpaired) electrons. The highest BCUT2D eigenvalue weighted by atomic mass is 16.4. The Balaban J connectivity index is 1.81. The molecule has 16 heavy (non-hydrogen) atoms. The summed E-state index contributed by atoms with van der Waals surface area (Å²) < 4.78 is 0. The Morgan fingerprint density at radius 2 is 2.31 bits per heavy atom. The van der Waals surface area contributed by atoms with Crippen LogP contribution in [0.4, 0.5) is 4.79 Å². The number of amides is 2. The third kappa shape index (κ3) is 2.11. The number of urea groups is 1. The Kier molecular flexibility index (Phi) is 3.00. The van der Waals surface area contributed by atoms with Crippen LogP contribution in [-0.4, -0.2) is 53.2 Å². The van der Waals surface area contributed by atoms with Crippen molar-refractivity contribution in [3.63, 3.8) is 0 Å². The zero-order valence-corrected chi connectivity index (χ0v) is 9.27. The van der Waals surface area contributed by atoms with E-state index in [1.54, 1.807) is 0 Å². The fraction of sp³-hybridized carbons (Fsp3) is 0.800. The summed E-state index contributed by atoms with van der Waals surface area (Å²) in [6.45, 7) is 3.65. The molecule has 6 nitrogen and oxygen atoms in total. The van der Waals surface area contributed by atoms with Crippen LogP contribution in [0.15, 0.2) is 0 Å². The van der Waals surface area contributed by atoms with Crippen LogP contribution in [-0.2, 0) is 4.79 Å². The molecule has 3 atom stereocenters. The van der Waals surface area contributed by atoms with E-state index in [1.165, 1.54) is 0 Å². The highest BCUT2D eigenvalue weighted by molar-refractivity contribution is 5.77. The van der Waals surface area contributed by atoms with Gasteiger partial charge in [0.15, 0.2) is 0 Å². The minimum Gasteiger partial charge on any atom is -0.481 e. The van der Waals surface area contributed by atoms with E-state index in [2.05, 4.69) is 22.5 Å². The second-order valence-electron chi connectivity index (χ2n) is 4.48. The number of hydrogen-bond acceptors (Lipinski definition) is 3. The molecule has 2 fully saturated rings. The molecule has 0 aromatic heterocycles. The summed E-state index contributed by atoms with van der Waals surface area (Å²) in [5, 5.41) is 14.3. The zero-order valence-electron chi connectivity index (χ0n) is 9.27. The quantitative estimate of drug-likeness (QED) is 0.610. The number of likely N-dealkylation sites (tertiary alicyclic amines) is 1. The van der Waals surface area contributed by atoms with Crippen molar-refractivity contribution in [3.05, 3.63) is 0 Å². The molecule has 2 aliphatic rings. The van der Waals surface area contributed by atoms with E-state index in [-0.39, 0.29) is 30.6 Å². The molecule has 0 aliphatic carbocycles. The minimum atomic E-state index is -0.751. The van der Waals surface area contributed by atoms with Crippen molar-refractivity contribution < 1.29 is 14.7 Å². The van der Waals surface area contributed by atoms with E-state index < -0.39 is 5.97 Å². The molecule has 2 aliphatic heterocycles. The first-order valence-electron chi connectivity index (χ1n) is 5.61. The summed E-state index contributed by atoms with van der Waals surface area (Å²) in [4.78, 5) is 23.7. The lowest BCUT2D eigenvalue weighted by atomic mass is 10.1. The molecule has 0 spiro atoms. The van der Waals surface area contributed by atoms with Gasteiger partial charge in [0, 0.05) is 19.0 Å². The lowest BCUT2D eigenvalue weighted by molar-refractivity contribution is -0.137. The van der Waals surface area contributed by atoms with E-state index in [0.717, 1.165) is 13.1 Å². The van der Waals surface area contributed by atoms with Crippen LogP contribution in [0.2, 0.25) is 0 Å². The first-order valence-corrected chi connectivity index (χ1v) is 5.61. The first-order chi connectivity index (χ1) is 7.58. The zero-order chi connectivity index (χ0) is 11.7. The normalized spacial score (nSPS) is 33.3. The molecule has 2 rings (SSSR count). The van der Waals surface area contributed by atoms with Gasteiger partial charge >= 0.3 is 12.0 Å². The van der Waals surface area contributed by atoms with E-state index in [4.69, 9.17) is 5.11 Å². The topological polar surface area (TPSA) is 81.7 Å². The Morgan fingerprint density at radius 1 is 1.56 bits per heavy atom. The van der Waals surface area contributed by atoms with E-state index >= 15 is 0 Å². The Morgan fingerprint density at radius 3 is 2.94 bits per heavy atom. The molecule has 3 unspecified atom stereocenters. The van der Waals surface area contributed by atoms with Gasteiger partial charge in [-0.3, -0.25) is 9.69 Å². The first kappa shape index (κ1) is 11.2. The average Bonchev–Trinajstić information content (AvgIpc) is 2.67. The number of nitrogens with one attached hydrogen (secondary N) is 2. The smallest absolute Gasteiger partial charge is 0.315 e. The molecule has 0 saturated carbocycles. The van der Waals surface area contributed by atoms with Gasteiger partial charge in [0.2, 0.25) is 0 Å². The predicted octanol–water partition coefficient (Wildman–Crippen LogP) is -0.395. The summed E-state index contributed by atoms with van der Waals surface area (Å²) in [6.07, 6.45) is 0.866. The van der Waals surface area contributed by atoms with Crippen molar-refractivity contribution in [1.29, 1.82) is 0 Å². The van der Waals surface area contributed by atoms with Crippen molar-refractivity contribution in [2.45, 2.75) is 37.9 Å². The fourth-order valence-corrected chi connectivity index (χ4v) is 2.54. The van der Waals surface area contributed by atoms with E-state index in [1.807, 2.05) is 0 Å². The molecule has 2 amide bonds. The number of rotatable bonds is 4. The number of carbonyl (C=O) groups is 2. The second kappa shape index (κ2) is 4.29. The van der Waals surface area contributed by atoms with Crippen molar-refractivity contribution >= 4 is 12.0 Å². The summed E-state index contributed by atoms with van der Waals surface area (Å²) in [7, 11) is 0. The van der Waals surface area contributed by atoms with E-state index in [0.29, 0.717) is 6.42 Å². The number of hydrogen-bond donors (Lipinski definition) is 3. The van der Waals surface area contributed by atoms with Gasteiger partial charge in [0.1, 0.15) is 0 Å². The lowest BCUT2D eigenvalue weighted by Gasteiger charge is -2.23. The van der Waals surface area contributed by atoms with Crippen molar-refractivity contribution in [2.24, 2.45) is 0 Å². The largest absolute Gasteiger partial charge is 0.481 e. The molecule has 2 heterocycles. The summed E-state index contributed by atoms with van der Waals surface area (Å²) >= 11 is 0. The van der Waals surface area contributed by atoms with Gasteiger partial charge in [-0.15, -0.1) is 0 Å². The van der Waals surface area contributed by atoms with Crippen LogP contribution < -0.4 is 10.6 Å². The minimum absolute atomic E-state index is 0.0907. The maximum Gasteiger partial charge on any atom is 0.315 e. The van der Waals surface area contributed by atoms with Gasteiger partial charge < -0.3 is 15.7 Å². The van der Waals surface area contributed by atoms with Gasteiger partial charge in [-0.1, -0.05) is 0 Å². The van der Waals surface area contributed by atoms with Crippen LogP contribution in [0, 0.1) is 0 Å². The van der Waals surface area contributed by atoms with Crippen LogP contribution in [0.5, 0.6) is 0 Å². The van der Waals surface area contributed by atoms with Crippen molar-refractivity contribution in [3.8, 4) is 0 Å². The number of aliphatic carboxylic acids is 1. The van der Waals surface area contributed by atoms with Gasteiger partial charge in [-0.2, -0.15) is 0 Å². The third-order valence-electron chi connectivity index (χ3n) is 3.41. The second-order valence-corrected chi connectivity index (χ2v) is 4.48. The molecule has 0 bridgehead atoms. The van der Waals surface area contributed by atoms with Gasteiger partial charge in [0.05, 0.1) is 12.1 Å². The van der Waals surface area contributed by atoms with Gasteiger partial charge in [0.25, 0.3) is 0 Å². The number of nitrogens with zero attached hydrogens (tertiary/aromatic N) is 1. The molecular formula is C10H17N3O3. The summed E-state index contributed by atoms with van der Waals surface area (Å²) in [5.74, 6) is -0.751. The third-order valence-corrected chi connectivity index (χ3v) is 3.41. The molecule has 3 N–H and O–H groups in total. The Hall–Kier alpha value is -1.30. The summed E-state index contributed by atoms with van der Waals surface area (Å²) in [6, 6.07) is 0.523. The Labute approximate surface area is 94.0 Å². The predicted molar refractivity (Wildman–Crippen MR) is 57.1 cm³/mol. The number of carbonyl (C=O) groups excluding carboxylic acids is 1. The van der Waals surface area contributed by atoms with Crippen LogP contribution in [0.3, 0.4) is 0 Å². The van der Waals surface area contributed by atoms with Crippen LogP contribution in [0.1, 0.15) is 19.8 Å². The van der Waals surface area contributed by atoms with Crippen molar-refractivity contribution in [1.82, 2.24) is 15.5 Å². The maximum absolute atomic E-state index is 11.1. The van der Waals surface area contributed by atoms with Crippen LogP contribution in [0.25, 0.3) is 0 Å². The average molecular weight is 227 g/mol. The lowest BCUT2D eigenvalue weighted by Crippen LogP contribution is -2.41. The monoisotopic (exact) mass is 227 g/mol.